The molecule has 8 nitrogen and oxygen atoms in total. The molecule has 1 saturated heterocycles. The van der Waals surface area contributed by atoms with Crippen LogP contribution in [-0.4, -0.2) is 56.9 Å². The second-order valence-electron chi connectivity index (χ2n) is 8.11. The Morgan fingerprint density at radius 3 is 2.44 bits per heavy atom. The summed E-state index contributed by atoms with van der Waals surface area (Å²) in [6.07, 6.45) is 1.68. The average molecular weight is 434 g/mol. The number of para-hydroxylation sites is 2. The minimum absolute atomic E-state index is 0. The quantitative estimate of drug-likeness (QED) is 0.507. The summed E-state index contributed by atoms with van der Waals surface area (Å²) in [6, 6.07) is 13.8. The van der Waals surface area contributed by atoms with E-state index < -0.39 is 0 Å². The zero-order valence-corrected chi connectivity index (χ0v) is 18.2. The highest BCUT2D eigenvalue weighted by Gasteiger charge is 2.25. The van der Waals surface area contributed by atoms with Crippen LogP contribution in [0.15, 0.2) is 48.7 Å². The van der Waals surface area contributed by atoms with Crippen LogP contribution in [0.5, 0.6) is 0 Å². The van der Waals surface area contributed by atoms with Gasteiger partial charge in [0.15, 0.2) is 17.3 Å². The van der Waals surface area contributed by atoms with Crippen LogP contribution < -0.4 is 10.6 Å². The molecule has 32 heavy (non-hydrogen) atoms. The number of aryl methyl sites for hydroxylation is 2. The first-order valence-corrected chi connectivity index (χ1v) is 10.7. The number of amides is 1. The third kappa shape index (κ3) is 3.53. The molecule has 0 unspecified atom stereocenters. The molecule has 0 bridgehead atoms. The summed E-state index contributed by atoms with van der Waals surface area (Å²) in [7, 11) is 0. The number of imidazole rings is 1. The molecule has 1 fully saturated rings. The molecular formula is C24H31N7O. The lowest BCUT2D eigenvalue weighted by atomic mass is 10.0. The van der Waals surface area contributed by atoms with Crippen molar-refractivity contribution in [3.05, 3.63) is 65.4 Å². The number of nitrogen functional groups attached to an aromatic ring is 1. The summed E-state index contributed by atoms with van der Waals surface area (Å²) in [5, 5.41) is 0. The van der Waals surface area contributed by atoms with Gasteiger partial charge in [-0.3, -0.25) is 4.79 Å². The number of hydrogen-bond donors (Lipinski definition) is 2. The van der Waals surface area contributed by atoms with Crippen LogP contribution in [0.4, 0.5) is 11.6 Å². The van der Waals surface area contributed by atoms with Crippen molar-refractivity contribution in [2.45, 2.75) is 13.8 Å². The van der Waals surface area contributed by atoms with Crippen molar-refractivity contribution in [1.82, 2.24) is 24.8 Å². The lowest BCUT2D eigenvalue weighted by Gasteiger charge is -2.35. The molecule has 1 aliphatic rings. The minimum atomic E-state index is 0. The summed E-state index contributed by atoms with van der Waals surface area (Å²) in [5.41, 5.74) is 11.3. The largest absolute Gasteiger partial charge is 0.382 e. The van der Waals surface area contributed by atoms with Gasteiger partial charge >= 0.3 is 0 Å². The van der Waals surface area contributed by atoms with Crippen molar-refractivity contribution in [1.29, 1.82) is 0 Å². The van der Waals surface area contributed by atoms with E-state index in [1.807, 2.05) is 61.2 Å². The number of H-pyrrole nitrogens is 1. The predicted octanol–water partition coefficient (Wildman–Crippen LogP) is 3.92. The molecule has 0 spiro atoms. The molecule has 8 heteroatoms. The first kappa shape index (κ1) is 20.0. The van der Waals surface area contributed by atoms with Crippen LogP contribution in [-0.2, 0) is 0 Å². The van der Waals surface area contributed by atoms with E-state index in [0.717, 1.165) is 33.5 Å². The van der Waals surface area contributed by atoms with E-state index >= 15 is 0 Å². The topological polar surface area (TPSA) is 104 Å². The fraction of sp³-hybridized carbons (Fsp3) is 0.250. The van der Waals surface area contributed by atoms with E-state index in [1.54, 1.807) is 6.20 Å². The third-order valence-corrected chi connectivity index (χ3v) is 5.99. The number of hydrogen-bond acceptors (Lipinski definition) is 6. The van der Waals surface area contributed by atoms with E-state index in [1.165, 1.54) is 0 Å². The van der Waals surface area contributed by atoms with Crippen molar-refractivity contribution in [3.63, 3.8) is 0 Å². The van der Waals surface area contributed by atoms with E-state index in [4.69, 9.17) is 10.7 Å². The summed E-state index contributed by atoms with van der Waals surface area (Å²) < 4.78 is 0. The molecular weight excluding hydrogens is 402 g/mol. The molecule has 0 saturated carbocycles. The number of carbonyl (C=O) groups is 1. The van der Waals surface area contributed by atoms with Crippen molar-refractivity contribution in [2.24, 2.45) is 0 Å². The Morgan fingerprint density at radius 2 is 1.72 bits per heavy atom. The van der Waals surface area contributed by atoms with Crippen LogP contribution in [0.25, 0.3) is 22.6 Å². The number of anilines is 2. The highest BCUT2D eigenvalue weighted by atomic mass is 16.2. The molecule has 3 N–H and O–H groups in total. The monoisotopic (exact) mass is 433 g/mol. The van der Waals surface area contributed by atoms with Crippen molar-refractivity contribution < 1.29 is 9.07 Å². The van der Waals surface area contributed by atoms with E-state index in [-0.39, 0.29) is 10.2 Å². The van der Waals surface area contributed by atoms with Crippen LogP contribution >= 0.6 is 0 Å². The molecule has 0 radical (unpaired) electrons. The molecule has 2 aromatic carbocycles. The SMILES string of the molecule is Cc1cccc(C)c1C(=O)N1CCN(c2cnc(N)c(-c3nc4ccccc4[nH]3)n2)CC1.[HH].[HH].[HH]. The Labute approximate surface area is 190 Å². The molecule has 0 atom stereocenters. The Morgan fingerprint density at radius 1 is 1.00 bits per heavy atom. The summed E-state index contributed by atoms with van der Waals surface area (Å²) in [5.74, 6) is 1.75. The lowest BCUT2D eigenvalue weighted by Crippen LogP contribution is -2.49. The summed E-state index contributed by atoms with van der Waals surface area (Å²) in [4.78, 5) is 34.1. The van der Waals surface area contributed by atoms with E-state index in [0.29, 0.717) is 43.5 Å². The number of benzene rings is 2. The number of nitrogens with zero attached hydrogens (tertiary/aromatic N) is 5. The zero-order chi connectivity index (χ0) is 22.2. The molecule has 1 amide bonds. The van der Waals surface area contributed by atoms with Crippen LogP contribution in [0.2, 0.25) is 0 Å². The van der Waals surface area contributed by atoms with Crippen LogP contribution in [0.3, 0.4) is 0 Å². The van der Waals surface area contributed by atoms with Gasteiger partial charge in [0, 0.05) is 36.0 Å². The van der Waals surface area contributed by atoms with Gasteiger partial charge < -0.3 is 20.5 Å². The Balaban J connectivity index is 0.00000144. The number of fused-ring (bicyclic) bond motifs is 1. The smallest absolute Gasteiger partial charge is 0.254 e. The Kier molecular flexibility index (Phi) is 4.97. The molecule has 1 aliphatic heterocycles. The lowest BCUT2D eigenvalue weighted by molar-refractivity contribution is 0.0745. The molecule has 3 heterocycles. The first-order valence-electron chi connectivity index (χ1n) is 10.7. The van der Waals surface area contributed by atoms with E-state index in [2.05, 4.69) is 19.9 Å². The molecule has 2 aromatic heterocycles. The van der Waals surface area contributed by atoms with Gasteiger partial charge in [-0.15, -0.1) is 0 Å². The fourth-order valence-corrected chi connectivity index (χ4v) is 4.23. The van der Waals surface area contributed by atoms with Crippen molar-refractivity contribution in [3.8, 4) is 11.5 Å². The first-order chi connectivity index (χ1) is 15.5. The number of aromatic amines is 1. The number of carbonyl (C=O) groups excluding carboxylic acids is 1. The van der Waals surface area contributed by atoms with Gasteiger partial charge in [0.05, 0.1) is 17.2 Å². The van der Waals surface area contributed by atoms with Gasteiger partial charge in [-0.05, 0) is 37.1 Å². The molecule has 5 rings (SSSR count). The molecule has 0 aliphatic carbocycles. The summed E-state index contributed by atoms with van der Waals surface area (Å²) >= 11 is 0. The van der Waals surface area contributed by atoms with Gasteiger partial charge in [-0.25, -0.2) is 15.0 Å². The number of nitrogens with two attached hydrogens (primary N) is 1. The van der Waals surface area contributed by atoms with Gasteiger partial charge in [0.2, 0.25) is 0 Å². The Bertz CT molecular complexity index is 1270. The van der Waals surface area contributed by atoms with Gasteiger partial charge in [0.25, 0.3) is 5.91 Å². The number of piperazine rings is 1. The Hall–Kier alpha value is -3.94. The molecule has 4 aromatic rings. The average Bonchev–Trinajstić information content (AvgIpc) is 3.23. The van der Waals surface area contributed by atoms with Gasteiger partial charge in [-0.2, -0.15) is 0 Å². The van der Waals surface area contributed by atoms with E-state index in [9.17, 15) is 4.79 Å². The fourth-order valence-electron chi connectivity index (χ4n) is 4.23. The van der Waals surface area contributed by atoms with Crippen molar-refractivity contribution >= 4 is 28.6 Å². The number of nitrogens with one attached hydrogen (secondary N) is 1. The summed E-state index contributed by atoms with van der Waals surface area (Å²) in [6.45, 7) is 6.57. The van der Waals surface area contributed by atoms with Gasteiger partial charge in [0.1, 0.15) is 5.82 Å². The normalized spacial score (nSPS) is 14.2. The minimum Gasteiger partial charge on any atom is -0.382 e. The molecule has 168 valence electrons. The van der Waals surface area contributed by atoms with Gasteiger partial charge in [-0.1, -0.05) is 30.3 Å². The maximum Gasteiger partial charge on any atom is 0.254 e. The second kappa shape index (κ2) is 7.96. The maximum atomic E-state index is 13.1. The number of aromatic nitrogens is 4. The van der Waals surface area contributed by atoms with Crippen molar-refractivity contribution in [2.75, 3.05) is 36.8 Å². The maximum absolute atomic E-state index is 13.1. The predicted molar refractivity (Wildman–Crippen MR) is 132 cm³/mol. The number of rotatable bonds is 3. The zero-order valence-electron chi connectivity index (χ0n) is 18.2. The highest BCUT2D eigenvalue weighted by Crippen LogP contribution is 2.26. The van der Waals surface area contributed by atoms with Crippen LogP contribution in [0, 0.1) is 13.8 Å². The second-order valence-corrected chi connectivity index (χ2v) is 8.11. The standard InChI is InChI=1S/C24H25N7O.3H2/c1-15-6-5-7-16(2)20(15)24(32)31-12-10-30(11-13-31)19-14-26-22(25)21(29-19)23-27-17-8-3-4-9-18(17)28-23;;;/h3-9,14H,10-13H2,1-2H3,(H2,25,26)(H,27,28);3*1H. The van der Waals surface area contributed by atoms with Crippen LogP contribution in [0.1, 0.15) is 25.8 Å². The highest BCUT2D eigenvalue weighted by molar-refractivity contribution is 5.97. The third-order valence-electron chi connectivity index (χ3n) is 5.99.